The summed E-state index contributed by atoms with van der Waals surface area (Å²) in [4.78, 5) is 16.0. The second-order valence-electron chi connectivity index (χ2n) is 4.29. The number of amides is 1. The summed E-state index contributed by atoms with van der Waals surface area (Å²) in [6.45, 7) is 0. The molecule has 1 aliphatic rings. The number of halogens is 1. The van der Waals surface area contributed by atoms with Gasteiger partial charge in [-0.3, -0.25) is 4.79 Å². The Bertz CT molecular complexity index is 612. The van der Waals surface area contributed by atoms with Crippen molar-refractivity contribution in [1.82, 2.24) is 4.98 Å². The van der Waals surface area contributed by atoms with Gasteiger partial charge in [0.25, 0.3) is 0 Å². The number of hydrogen-bond donors (Lipinski definition) is 1. The Balaban J connectivity index is 1.77. The molecule has 3 nitrogen and oxygen atoms in total. The van der Waals surface area contributed by atoms with Crippen LogP contribution in [0, 0.1) is 0 Å². The van der Waals surface area contributed by atoms with E-state index in [9.17, 15) is 4.79 Å². The average Bonchev–Trinajstić information content (AvgIpc) is 2.34. The molecule has 0 radical (unpaired) electrons. The van der Waals surface area contributed by atoms with Crippen molar-refractivity contribution < 1.29 is 4.79 Å². The molecule has 1 unspecified atom stereocenters. The third kappa shape index (κ3) is 1.87. The van der Waals surface area contributed by atoms with Gasteiger partial charge in [0.15, 0.2) is 5.15 Å². The van der Waals surface area contributed by atoms with Gasteiger partial charge in [0.1, 0.15) is 0 Å². The zero-order valence-corrected chi connectivity index (χ0v) is 10.3. The highest BCUT2D eigenvalue weighted by Gasteiger charge is 2.31. The lowest BCUT2D eigenvalue weighted by atomic mass is 9.77. The number of benzene rings is 1. The Labute approximate surface area is 110 Å². The van der Waals surface area contributed by atoms with E-state index >= 15 is 0 Å². The molecule has 90 valence electrons. The first-order valence-corrected chi connectivity index (χ1v) is 6.12. The highest BCUT2D eigenvalue weighted by molar-refractivity contribution is 6.32. The van der Waals surface area contributed by atoms with Crippen LogP contribution in [0.4, 0.5) is 5.69 Å². The number of fused-ring (bicyclic) bond motifs is 1. The molecule has 1 aliphatic carbocycles. The van der Waals surface area contributed by atoms with Gasteiger partial charge >= 0.3 is 0 Å². The fourth-order valence-corrected chi connectivity index (χ4v) is 2.36. The Morgan fingerprint density at radius 2 is 2.11 bits per heavy atom. The molecule has 4 heteroatoms. The zero-order chi connectivity index (χ0) is 12.5. The van der Waals surface area contributed by atoms with Gasteiger partial charge in [0, 0.05) is 6.20 Å². The molecule has 1 aromatic carbocycles. The van der Waals surface area contributed by atoms with Crippen molar-refractivity contribution in [3.63, 3.8) is 0 Å². The minimum absolute atomic E-state index is 0.0244. The highest BCUT2D eigenvalue weighted by atomic mass is 35.5. The fraction of sp³-hybridized carbons (Fsp3) is 0.143. The van der Waals surface area contributed by atoms with Gasteiger partial charge in [-0.1, -0.05) is 35.9 Å². The van der Waals surface area contributed by atoms with Crippen molar-refractivity contribution in [2.24, 2.45) is 0 Å². The number of carbonyl (C=O) groups is 1. The van der Waals surface area contributed by atoms with E-state index in [1.165, 1.54) is 5.56 Å². The maximum atomic E-state index is 12.1. The van der Waals surface area contributed by atoms with Gasteiger partial charge in [-0.05, 0) is 29.7 Å². The molecular formula is C14H11ClN2O. The second kappa shape index (κ2) is 4.42. The molecule has 3 rings (SSSR count). The Morgan fingerprint density at radius 3 is 2.89 bits per heavy atom. The summed E-state index contributed by atoms with van der Waals surface area (Å²) in [5.74, 6) is -0.0962. The molecular weight excluding hydrogens is 248 g/mol. The monoisotopic (exact) mass is 258 g/mol. The van der Waals surface area contributed by atoms with Gasteiger partial charge in [0.2, 0.25) is 5.91 Å². The molecule has 18 heavy (non-hydrogen) atoms. The van der Waals surface area contributed by atoms with Crippen LogP contribution in [0.25, 0.3) is 0 Å². The molecule has 0 bridgehead atoms. The lowest BCUT2D eigenvalue weighted by molar-refractivity contribution is -0.118. The van der Waals surface area contributed by atoms with E-state index in [4.69, 9.17) is 11.6 Å². The van der Waals surface area contributed by atoms with Crippen LogP contribution in [0.1, 0.15) is 17.0 Å². The maximum Gasteiger partial charge on any atom is 0.232 e. The van der Waals surface area contributed by atoms with E-state index in [1.807, 2.05) is 18.2 Å². The van der Waals surface area contributed by atoms with Crippen molar-refractivity contribution in [1.29, 1.82) is 0 Å². The number of aromatic nitrogens is 1. The predicted octanol–water partition coefficient (Wildman–Crippen LogP) is 3.01. The van der Waals surface area contributed by atoms with Gasteiger partial charge in [-0.25, -0.2) is 4.98 Å². The topological polar surface area (TPSA) is 42.0 Å². The van der Waals surface area contributed by atoms with Crippen molar-refractivity contribution >= 4 is 23.2 Å². The SMILES string of the molecule is O=C(Nc1cccnc1Cl)C1Cc2ccccc21. The summed E-state index contributed by atoms with van der Waals surface area (Å²) >= 11 is 5.91. The third-order valence-corrected chi connectivity index (χ3v) is 3.49. The lowest BCUT2D eigenvalue weighted by Gasteiger charge is -2.28. The van der Waals surface area contributed by atoms with E-state index in [1.54, 1.807) is 18.3 Å². The van der Waals surface area contributed by atoms with Gasteiger partial charge < -0.3 is 5.32 Å². The minimum Gasteiger partial charge on any atom is -0.323 e. The normalized spacial score (nSPS) is 16.6. The fourth-order valence-electron chi connectivity index (χ4n) is 2.19. The number of rotatable bonds is 2. The predicted molar refractivity (Wildman–Crippen MR) is 70.8 cm³/mol. The summed E-state index contributed by atoms with van der Waals surface area (Å²) in [7, 11) is 0. The number of hydrogen-bond acceptors (Lipinski definition) is 2. The van der Waals surface area contributed by atoms with E-state index in [-0.39, 0.29) is 11.8 Å². The van der Waals surface area contributed by atoms with E-state index in [2.05, 4.69) is 16.4 Å². The van der Waals surface area contributed by atoms with Crippen molar-refractivity contribution in [3.05, 3.63) is 58.9 Å². The summed E-state index contributed by atoms with van der Waals surface area (Å²) < 4.78 is 0. The van der Waals surface area contributed by atoms with Crippen LogP contribution < -0.4 is 5.32 Å². The van der Waals surface area contributed by atoms with Gasteiger partial charge in [-0.2, -0.15) is 0 Å². The van der Waals surface area contributed by atoms with E-state index in [0.29, 0.717) is 10.8 Å². The molecule has 0 saturated carbocycles. The van der Waals surface area contributed by atoms with Crippen LogP contribution >= 0.6 is 11.6 Å². The number of nitrogens with one attached hydrogen (secondary N) is 1. The van der Waals surface area contributed by atoms with Gasteiger partial charge in [0.05, 0.1) is 11.6 Å². The molecule has 0 saturated heterocycles. The number of anilines is 1. The van der Waals surface area contributed by atoms with Crippen molar-refractivity contribution in [2.75, 3.05) is 5.32 Å². The minimum atomic E-state index is -0.0718. The number of pyridine rings is 1. The van der Waals surface area contributed by atoms with Crippen molar-refractivity contribution in [3.8, 4) is 0 Å². The third-order valence-electron chi connectivity index (χ3n) is 3.19. The summed E-state index contributed by atoms with van der Waals surface area (Å²) in [5.41, 5.74) is 2.92. The van der Waals surface area contributed by atoms with Crippen LogP contribution in [0.15, 0.2) is 42.6 Å². The van der Waals surface area contributed by atoms with Crippen LogP contribution in [0.2, 0.25) is 5.15 Å². The molecule has 0 fully saturated rings. The molecule has 1 atom stereocenters. The summed E-state index contributed by atoms with van der Waals surface area (Å²) in [6, 6.07) is 11.5. The average molecular weight is 259 g/mol. The molecule has 0 spiro atoms. The summed E-state index contributed by atoms with van der Waals surface area (Å²) in [5, 5.41) is 3.14. The standard InChI is InChI=1S/C14H11ClN2O/c15-13-12(6-3-7-16-13)17-14(18)11-8-9-4-1-2-5-10(9)11/h1-7,11H,8H2,(H,17,18). The van der Waals surface area contributed by atoms with E-state index in [0.717, 1.165) is 12.0 Å². The lowest BCUT2D eigenvalue weighted by Crippen LogP contribution is -2.30. The largest absolute Gasteiger partial charge is 0.323 e. The van der Waals surface area contributed by atoms with Crippen molar-refractivity contribution in [2.45, 2.75) is 12.3 Å². The van der Waals surface area contributed by atoms with Crippen LogP contribution in [-0.2, 0) is 11.2 Å². The first-order chi connectivity index (χ1) is 8.75. The maximum absolute atomic E-state index is 12.1. The Hall–Kier alpha value is -1.87. The Kier molecular flexibility index (Phi) is 2.76. The molecule has 0 aliphatic heterocycles. The molecule has 1 heterocycles. The molecule has 1 aromatic heterocycles. The first kappa shape index (κ1) is 11.2. The van der Waals surface area contributed by atoms with Crippen LogP contribution in [0.3, 0.4) is 0 Å². The Morgan fingerprint density at radius 1 is 1.28 bits per heavy atom. The smallest absolute Gasteiger partial charge is 0.232 e. The second-order valence-corrected chi connectivity index (χ2v) is 4.64. The summed E-state index contributed by atoms with van der Waals surface area (Å²) in [6.07, 6.45) is 2.39. The molecule has 1 amide bonds. The molecule has 1 N–H and O–H groups in total. The molecule has 2 aromatic rings. The first-order valence-electron chi connectivity index (χ1n) is 5.75. The highest BCUT2D eigenvalue weighted by Crippen LogP contribution is 2.35. The van der Waals surface area contributed by atoms with Crippen LogP contribution in [0.5, 0.6) is 0 Å². The van der Waals surface area contributed by atoms with Gasteiger partial charge in [-0.15, -0.1) is 0 Å². The van der Waals surface area contributed by atoms with E-state index < -0.39 is 0 Å². The van der Waals surface area contributed by atoms with Crippen LogP contribution in [-0.4, -0.2) is 10.9 Å². The number of nitrogens with zero attached hydrogens (tertiary/aromatic N) is 1. The zero-order valence-electron chi connectivity index (χ0n) is 9.56. The quantitative estimate of drug-likeness (QED) is 0.842. The number of carbonyl (C=O) groups excluding carboxylic acids is 1.